The monoisotopic (exact) mass is 352 g/mol. The van der Waals surface area contributed by atoms with E-state index >= 15 is 0 Å². The van der Waals surface area contributed by atoms with Crippen molar-refractivity contribution in [1.29, 1.82) is 0 Å². The van der Waals surface area contributed by atoms with Gasteiger partial charge in [0.15, 0.2) is 0 Å². The molecule has 1 atom stereocenters. The van der Waals surface area contributed by atoms with Crippen molar-refractivity contribution >= 4 is 29.3 Å². The number of hydrogen-bond acceptors (Lipinski definition) is 3. The molecule has 0 spiro atoms. The summed E-state index contributed by atoms with van der Waals surface area (Å²) in [5.41, 5.74) is 0.903. The van der Waals surface area contributed by atoms with Crippen molar-refractivity contribution in [2.24, 2.45) is 5.92 Å². The van der Waals surface area contributed by atoms with Crippen molar-refractivity contribution in [3.05, 3.63) is 34.9 Å². The van der Waals surface area contributed by atoms with Crippen LogP contribution in [0, 0.1) is 5.92 Å². The average Bonchev–Trinajstić information content (AvgIpc) is 3.10. The Balaban J connectivity index is 1.38. The SMILES string of the molecule is O=C(Cc1ccccc1Cl)NCC1CCN([C@@H]2CCSC2)CC1. The van der Waals surface area contributed by atoms with Gasteiger partial charge >= 0.3 is 0 Å². The van der Waals surface area contributed by atoms with Crippen molar-refractivity contribution < 1.29 is 4.79 Å². The number of nitrogens with one attached hydrogen (secondary N) is 1. The van der Waals surface area contributed by atoms with E-state index in [1.807, 2.05) is 24.3 Å². The minimum Gasteiger partial charge on any atom is -0.356 e. The highest BCUT2D eigenvalue weighted by atomic mass is 35.5. The lowest BCUT2D eigenvalue weighted by atomic mass is 9.95. The highest BCUT2D eigenvalue weighted by Crippen LogP contribution is 2.26. The average molecular weight is 353 g/mol. The number of carbonyl (C=O) groups is 1. The summed E-state index contributed by atoms with van der Waals surface area (Å²) >= 11 is 8.19. The second-order valence-corrected chi connectivity index (χ2v) is 8.13. The van der Waals surface area contributed by atoms with E-state index in [-0.39, 0.29) is 5.91 Å². The maximum atomic E-state index is 12.1. The van der Waals surface area contributed by atoms with E-state index in [1.54, 1.807) is 0 Å². The first-order valence-electron chi connectivity index (χ1n) is 8.54. The van der Waals surface area contributed by atoms with E-state index in [0.29, 0.717) is 17.4 Å². The van der Waals surface area contributed by atoms with Crippen LogP contribution in [0.25, 0.3) is 0 Å². The lowest BCUT2D eigenvalue weighted by Gasteiger charge is -2.35. The second-order valence-electron chi connectivity index (χ2n) is 6.57. The van der Waals surface area contributed by atoms with E-state index in [1.165, 1.54) is 43.9 Å². The zero-order chi connectivity index (χ0) is 16.1. The van der Waals surface area contributed by atoms with Crippen LogP contribution in [-0.2, 0) is 11.2 Å². The number of thioether (sulfide) groups is 1. The van der Waals surface area contributed by atoms with Gasteiger partial charge in [-0.1, -0.05) is 29.8 Å². The molecule has 1 aromatic carbocycles. The first kappa shape index (κ1) is 17.1. The molecule has 126 valence electrons. The van der Waals surface area contributed by atoms with Crippen LogP contribution in [0.2, 0.25) is 5.02 Å². The smallest absolute Gasteiger partial charge is 0.224 e. The molecule has 1 amide bonds. The van der Waals surface area contributed by atoms with Crippen molar-refractivity contribution in [1.82, 2.24) is 10.2 Å². The van der Waals surface area contributed by atoms with Gasteiger partial charge in [-0.15, -0.1) is 0 Å². The summed E-state index contributed by atoms with van der Waals surface area (Å²) in [5, 5.41) is 3.76. The molecule has 1 aromatic rings. The summed E-state index contributed by atoms with van der Waals surface area (Å²) in [5.74, 6) is 3.32. The quantitative estimate of drug-likeness (QED) is 0.883. The Hall–Kier alpha value is -0.710. The number of rotatable bonds is 5. The largest absolute Gasteiger partial charge is 0.356 e. The normalized spacial score (nSPS) is 23.1. The van der Waals surface area contributed by atoms with Crippen LogP contribution < -0.4 is 5.32 Å². The van der Waals surface area contributed by atoms with Gasteiger partial charge in [-0.3, -0.25) is 9.69 Å². The maximum Gasteiger partial charge on any atom is 0.224 e. The molecule has 2 fully saturated rings. The Morgan fingerprint density at radius 2 is 2.04 bits per heavy atom. The second kappa shape index (κ2) is 8.41. The van der Waals surface area contributed by atoms with E-state index in [0.717, 1.165) is 18.2 Å². The number of likely N-dealkylation sites (tertiary alicyclic amines) is 1. The summed E-state index contributed by atoms with van der Waals surface area (Å²) in [6.45, 7) is 3.18. The van der Waals surface area contributed by atoms with Crippen LogP contribution in [0.15, 0.2) is 24.3 Å². The number of amides is 1. The third-order valence-corrected chi connectivity index (χ3v) is 6.48. The Bertz CT molecular complexity index is 526. The molecular weight excluding hydrogens is 328 g/mol. The standard InChI is InChI=1S/C18H25ClN2OS/c19-17-4-2-1-3-15(17)11-18(22)20-12-14-5-8-21(9-6-14)16-7-10-23-13-16/h1-4,14,16H,5-13H2,(H,20,22)/t16-/m1/s1. The van der Waals surface area contributed by atoms with Gasteiger partial charge in [0.05, 0.1) is 6.42 Å². The van der Waals surface area contributed by atoms with E-state index in [4.69, 9.17) is 11.6 Å². The molecule has 1 N–H and O–H groups in total. The van der Waals surface area contributed by atoms with E-state index in [2.05, 4.69) is 22.0 Å². The molecule has 3 rings (SSSR count). The molecule has 2 aliphatic rings. The van der Waals surface area contributed by atoms with Gasteiger partial charge in [0.2, 0.25) is 5.91 Å². The molecule has 2 saturated heterocycles. The minimum absolute atomic E-state index is 0.0766. The van der Waals surface area contributed by atoms with Gasteiger partial charge in [0.1, 0.15) is 0 Å². The van der Waals surface area contributed by atoms with Gasteiger partial charge in [-0.05, 0) is 55.7 Å². The zero-order valence-electron chi connectivity index (χ0n) is 13.5. The highest BCUT2D eigenvalue weighted by molar-refractivity contribution is 7.99. The lowest BCUT2D eigenvalue weighted by molar-refractivity contribution is -0.120. The van der Waals surface area contributed by atoms with Gasteiger partial charge in [0, 0.05) is 23.4 Å². The first-order valence-corrected chi connectivity index (χ1v) is 10.1. The number of benzene rings is 1. The van der Waals surface area contributed by atoms with Crippen LogP contribution in [0.1, 0.15) is 24.8 Å². The molecule has 3 nitrogen and oxygen atoms in total. The fraction of sp³-hybridized carbons (Fsp3) is 0.611. The summed E-state index contributed by atoms with van der Waals surface area (Å²) < 4.78 is 0. The fourth-order valence-corrected chi connectivity index (χ4v) is 4.93. The molecule has 0 radical (unpaired) electrons. The summed E-state index contributed by atoms with van der Waals surface area (Å²) in [6.07, 6.45) is 4.13. The van der Waals surface area contributed by atoms with Crippen LogP contribution >= 0.6 is 23.4 Å². The summed E-state index contributed by atoms with van der Waals surface area (Å²) in [7, 11) is 0. The van der Waals surface area contributed by atoms with Crippen LogP contribution in [0.3, 0.4) is 0 Å². The third kappa shape index (κ3) is 4.88. The zero-order valence-corrected chi connectivity index (χ0v) is 15.0. The molecule has 5 heteroatoms. The number of piperidine rings is 1. The van der Waals surface area contributed by atoms with Crippen molar-refractivity contribution in [2.45, 2.75) is 31.7 Å². The van der Waals surface area contributed by atoms with E-state index in [9.17, 15) is 4.79 Å². The number of halogens is 1. The lowest BCUT2D eigenvalue weighted by Crippen LogP contribution is -2.43. The van der Waals surface area contributed by atoms with Crippen molar-refractivity contribution in [2.75, 3.05) is 31.1 Å². The molecular formula is C18H25ClN2OS. The number of carbonyl (C=O) groups excluding carboxylic acids is 1. The number of hydrogen-bond donors (Lipinski definition) is 1. The van der Waals surface area contributed by atoms with Crippen molar-refractivity contribution in [3.8, 4) is 0 Å². The maximum absolute atomic E-state index is 12.1. The predicted octanol–water partition coefficient (Wildman–Crippen LogP) is 3.22. The third-order valence-electron chi connectivity index (χ3n) is 4.97. The van der Waals surface area contributed by atoms with Gasteiger partial charge in [-0.25, -0.2) is 0 Å². The van der Waals surface area contributed by atoms with Gasteiger partial charge in [-0.2, -0.15) is 11.8 Å². The van der Waals surface area contributed by atoms with Gasteiger partial charge in [0.25, 0.3) is 0 Å². The van der Waals surface area contributed by atoms with Crippen LogP contribution in [0.5, 0.6) is 0 Å². The number of nitrogens with zero attached hydrogens (tertiary/aromatic N) is 1. The van der Waals surface area contributed by atoms with Crippen LogP contribution in [0.4, 0.5) is 0 Å². The molecule has 0 aliphatic carbocycles. The molecule has 2 heterocycles. The summed E-state index contributed by atoms with van der Waals surface area (Å²) in [4.78, 5) is 14.8. The molecule has 0 unspecified atom stereocenters. The Morgan fingerprint density at radius 1 is 1.26 bits per heavy atom. The molecule has 0 aromatic heterocycles. The van der Waals surface area contributed by atoms with Gasteiger partial charge < -0.3 is 5.32 Å². The predicted molar refractivity (Wildman–Crippen MR) is 98.2 cm³/mol. The molecule has 2 aliphatic heterocycles. The fourth-order valence-electron chi connectivity index (χ4n) is 3.47. The van der Waals surface area contributed by atoms with Crippen LogP contribution in [-0.4, -0.2) is 48.0 Å². The Labute approximate surface area is 148 Å². The minimum atomic E-state index is 0.0766. The summed E-state index contributed by atoms with van der Waals surface area (Å²) in [6, 6.07) is 8.36. The Morgan fingerprint density at radius 3 is 2.74 bits per heavy atom. The molecule has 0 bridgehead atoms. The topological polar surface area (TPSA) is 32.3 Å². The molecule has 23 heavy (non-hydrogen) atoms. The Kier molecular flexibility index (Phi) is 6.26. The molecule has 0 saturated carbocycles. The van der Waals surface area contributed by atoms with Crippen molar-refractivity contribution in [3.63, 3.8) is 0 Å². The van der Waals surface area contributed by atoms with E-state index < -0.39 is 0 Å². The first-order chi connectivity index (χ1) is 11.2. The highest BCUT2D eigenvalue weighted by Gasteiger charge is 2.27.